The number of amides is 1. The number of carbonyl (C=O) groups excluding carboxylic acids is 1. The maximum Gasteiger partial charge on any atom is 0.260 e. The fourth-order valence-electron chi connectivity index (χ4n) is 2.24. The van der Waals surface area contributed by atoms with Gasteiger partial charge in [-0.05, 0) is 55.9 Å². The van der Waals surface area contributed by atoms with E-state index in [2.05, 4.69) is 17.4 Å². The van der Waals surface area contributed by atoms with E-state index >= 15 is 0 Å². The van der Waals surface area contributed by atoms with Crippen LogP contribution in [0.4, 0.5) is 0 Å². The Kier molecular flexibility index (Phi) is 3.67. The quantitative estimate of drug-likeness (QED) is 0.868. The van der Waals surface area contributed by atoms with E-state index in [0.717, 1.165) is 12.2 Å². The lowest BCUT2D eigenvalue weighted by molar-refractivity contribution is -0.126. The van der Waals surface area contributed by atoms with Gasteiger partial charge in [0, 0.05) is 7.05 Å². The predicted octanol–water partition coefficient (Wildman–Crippen LogP) is 2.08. The van der Waals surface area contributed by atoms with Crippen molar-refractivity contribution in [2.24, 2.45) is 0 Å². The van der Waals surface area contributed by atoms with E-state index in [4.69, 9.17) is 4.74 Å². The van der Waals surface area contributed by atoms with Crippen LogP contribution in [0, 0.1) is 0 Å². The van der Waals surface area contributed by atoms with E-state index < -0.39 is 6.10 Å². The third-order valence-electron chi connectivity index (χ3n) is 3.25. The van der Waals surface area contributed by atoms with Crippen LogP contribution >= 0.6 is 0 Å². The van der Waals surface area contributed by atoms with Crippen LogP contribution in [0.25, 0.3) is 0 Å². The molecule has 0 bridgehead atoms. The molecule has 0 fully saturated rings. The fraction of sp³-hybridized carbons (Fsp3) is 0.500. The molecule has 1 aliphatic carbocycles. The molecule has 2 rings (SSSR count). The second-order valence-electron chi connectivity index (χ2n) is 4.51. The lowest BCUT2D eigenvalue weighted by atomic mass is 9.92. The average molecular weight is 233 g/mol. The normalized spacial score (nSPS) is 15.9. The number of ether oxygens (including phenoxy) is 1. The van der Waals surface area contributed by atoms with E-state index in [1.54, 1.807) is 14.0 Å². The highest BCUT2D eigenvalue weighted by Gasteiger charge is 2.14. The van der Waals surface area contributed by atoms with Crippen molar-refractivity contribution in [1.29, 1.82) is 0 Å². The van der Waals surface area contributed by atoms with Crippen LogP contribution in [-0.4, -0.2) is 19.1 Å². The van der Waals surface area contributed by atoms with E-state index in [-0.39, 0.29) is 5.91 Å². The van der Waals surface area contributed by atoms with Crippen LogP contribution in [-0.2, 0) is 17.6 Å². The molecule has 1 aliphatic rings. The summed E-state index contributed by atoms with van der Waals surface area (Å²) in [5, 5.41) is 2.58. The minimum atomic E-state index is -0.443. The maximum atomic E-state index is 11.4. The number of hydrogen-bond acceptors (Lipinski definition) is 2. The molecule has 3 nitrogen and oxygen atoms in total. The van der Waals surface area contributed by atoms with Gasteiger partial charge in [0.1, 0.15) is 5.75 Å². The Balaban J connectivity index is 2.09. The summed E-state index contributed by atoms with van der Waals surface area (Å²) >= 11 is 0. The third kappa shape index (κ3) is 2.78. The highest BCUT2D eigenvalue weighted by molar-refractivity contribution is 5.80. The predicted molar refractivity (Wildman–Crippen MR) is 67.2 cm³/mol. The number of nitrogens with one attached hydrogen (secondary N) is 1. The highest BCUT2D eigenvalue weighted by Crippen LogP contribution is 2.25. The van der Waals surface area contributed by atoms with Crippen molar-refractivity contribution in [3.8, 4) is 5.75 Å². The number of rotatable bonds is 3. The summed E-state index contributed by atoms with van der Waals surface area (Å²) in [6.45, 7) is 1.76. The summed E-state index contributed by atoms with van der Waals surface area (Å²) in [5.41, 5.74) is 2.80. The van der Waals surface area contributed by atoms with Crippen LogP contribution in [0.5, 0.6) is 5.75 Å². The molecule has 1 amide bonds. The Labute approximate surface area is 102 Å². The molecule has 92 valence electrons. The molecule has 1 N–H and O–H groups in total. The van der Waals surface area contributed by atoms with Gasteiger partial charge in [-0.15, -0.1) is 0 Å². The van der Waals surface area contributed by atoms with Gasteiger partial charge in [0.15, 0.2) is 6.10 Å². The average Bonchev–Trinajstić information content (AvgIpc) is 2.37. The van der Waals surface area contributed by atoms with Crippen LogP contribution < -0.4 is 10.1 Å². The van der Waals surface area contributed by atoms with Crippen molar-refractivity contribution in [2.75, 3.05) is 7.05 Å². The molecular formula is C14H19NO2. The molecule has 0 aromatic heterocycles. The molecule has 1 atom stereocenters. The van der Waals surface area contributed by atoms with Crippen LogP contribution in [0.15, 0.2) is 18.2 Å². The van der Waals surface area contributed by atoms with Crippen molar-refractivity contribution in [2.45, 2.75) is 38.7 Å². The van der Waals surface area contributed by atoms with Gasteiger partial charge in [0.2, 0.25) is 0 Å². The van der Waals surface area contributed by atoms with Gasteiger partial charge in [-0.25, -0.2) is 0 Å². The molecule has 17 heavy (non-hydrogen) atoms. The molecule has 0 saturated carbocycles. The molecule has 3 heteroatoms. The standard InChI is InChI=1S/C14H19NO2/c1-10(14(16)15-2)17-13-8-7-11-5-3-4-6-12(11)9-13/h7-10H,3-6H2,1-2H3,(H,15,16). The molecule has 0 spiro atoms. The van der Waals surface area contributed by atoms with Gasteiger partial charge in [0.05, 0.1) is 0 Å². The van der Waals surface area contributed by atoms with E-state index in [1.807, 2.05) is 6.07 Å². The first-order valence-corrected chi connectivity index (χ1v) is 6.21. The number of likely N-dealkylation sites (N-methyl/N-ethyl adjacent to an activating group) is 1. The van der Waals surface area contributed by atoms with Crippen LogP contribution in [0.3, 0.4) is 0 Å². The first kappa shape index (κ1) is 12.0. The van der Waals surface area contributed by atoms with Gasteiger partial charge in [-0.3, -0.25) is 4.79 Å². The van der Waals surface area contributed by atoms with Crippen LogP contribution in [0.1, 0.15) is 30.9 Å². The summed E-state index contributed by atoms with van der Waals surface area (Å²) < 4.78 is 5.62. The van der Waals surface area contributed by atoms with Gasteiger partial charge >= 0.3 is 0 Å². The molecule has 0 heterocycles. The largest absolute Gasteiger partial charge is 0.481 e. The van der Waals surface area contributed by atoms with Gasteiger partial charge in [-0.2, -0.15) is 0 Å². The van der Waals surface area contributed by atoms with Gasteiger partial charge in [0.25, 0.3) is 5.91 Å². The van der Waals surface area contributed by atoms with Crippen LogP contribution in [0.2, 0.25) is 0 Å². The van der Waals surface area contributed by atoms with E-state index in [9.17, 15) is 4.79 Å². The summed E-state index contributed by atoms with van der Waals surface area (Å²) in [7, 11) is 1.62. The molecular weight excluding hydrogens is 214 g/mol. The Morgan fingerprint density at radius 2 is 2.00 bits per heavy atom. The molecule has 1 aromatic rings. The van der Waals surface area contributed by atoms with E-state index in [1.165, 1.54) is 30.4 Å². The van der Waals surface area contributed by atoms with Gasteiger partial charge < -0.3 is 10.1 Å². The van der Waals surface area contributed by atoms with Crippen molar-refractivity contribution < 1.29 is 9.53 Å². The number of hydrogen-bond donors (Lipinski definition) is 1. The highest BCUT2D eigenvalue weighted by atomic mass is 16.5. The monoisotopic (exact) mass is 233 g/mol. The zero-order valence-electron chi connectivity index (χ0n) is 10.5. The minimum absolute atomic E-state index is 0.0947. The SMILES string of the molecule is CNC(=O)C(C)Oc1ccc2c(c1)CCCC2. The molecule has 0 saturated heterocycles. The summed E-state index contributed by atoms with van der Waals surface area (Å²) in [6.07, 6.45) is 4.38. The fourth-order valence-corrected chi connectivity index (χ4v) is 2.24. The lowest BCUT2D eigenvalue weighted by Gasteiger charge is -2.18. The summed E-state index contributed by atoms with van der Waals surface area (Å²) in [5.74, 6) is 0.699. The lowest BCUT2D eigenvalue weighted by Crippen LogP contribution is -2.33. The Hall–Kier alpha value is -1.51. The first-order chi connectivity index (χ1) is 8.20. The molecule has 0 radical (unpaired) electrons. The van der Waals surface area contributed by atoms with Crippen molar-refractivity contribution >= 4 is 5.91 Å². The minimum Gasteiger partial charge on any atom is -0.481 e. The summed E-state index contributed by atoms with van der Waals surface area (Å²) in [6, 6.07) is 6.16. The Bertz CT molecular complexity index is 415. The smallest absolute Gasteiger partial charge is 0.260 e. The molecule has 0 aliphatic heterocycles. The number of fused-ring (bicyclic) bond motifs is 1. The third-order valence-corrected chi connectivity index (χ3v) is 3.25. The second-order valence-corrected chi connectivity index (χ2v) is 4.51. The van der Waals surface area contributed by atoms with E-state index in [0.29, 0.717) is 0 Å². The van der Waals surface area contributed by atoms with Gasteiger partial charge in [-0.1, -0.05) is 6.07 Å². The number of aryl methyl sites for hydroxylation is 2. The topological polar surface area (TPSA) is 38.3 Å². The second kappa shape index (κ2) is 5.21. The first-order valence-electron chi connectivity index (χ1n) is 6.21. The van der Waals surface area contributed by atoms with Crippen molar-refractivity contribution in [1.82, 2.24) is 5.32 Å². The maximum absolute atomic E-state index is 11.4. The molecule has 1 unspecified atom stereocenters. The zero-order valence-corrected chi connectivity index (χ0v) is 10.5. The number of carbonyl (C=O) groups is 1. The number of benzene rings is 1. The Morgan fingerprint density at radius 1 is 1.29 bits per heavy atom. The van der Waals surface area contributed by atoms with Crippen molar-refractivity contribution in [3.63, 3.8) is 0 Å². The Morgan fingerprint density at radius 3 is 2.71 bits per heavy atom. The summed E-state index contributed by atoms with van der Waals surface area (Å²) in [4.78, 5) is 11.4. The van der Waals surface area contributed by atoms with Crippen molar-refractivity contribution in [3.05, 3.63) is 29.3 Å². The molecule has 1 aromatic carbocycles. The zero-order chi connectivity index (χ0) is 12.3.